The van der Waals surface area contributed by atoms with Crippen LogP contribution in [0.15, 0.2) is 54.6 Å². The molecule has 7 nitrogen and oxygen atoms in total. The van der Waals surface area contributed by atoms with Crippen molar-refractivity contribution in [2.45, 2.75) is 19.1 Å². The fourth-order valence-corrected chi connectivity index (χ4v) is 2.52. The highest BCUT2D eigenvalue weighted by atomic mass is 32.1. The molecular weight excluding hydrogens is 356 g/mol. The zero-order chi connectivity index (χ0) is 18.9. The molecule has 0 fully saturated rings. The Morgan fingerprint density at radius 1 is 1.15 bits per heavy atom. The van der Waals surface area contributed by atoms with Crippen LogP contribution >= 0.6 is 12.2 Å². The van der Waals surface area contributed by atoms with Gasteiger partial charge in [-0.05, 0) is 11.1 Å². The number of rotatable bonds is 9. The number of nitro benzene ring substituents is 1. The Morgan fingerprint density at radius 3 is 2.38 bits per heavy atom. The minimum atomic E-state index is -1.07. The van der Waals surface area contributed by atoms with Gasteiger partial charge in [0.2, 0.25) is 0 Å². The molecule has 8 heteroatoms. The van der Waals surface area contributed by atoms with Crippen LogP contribution in [0.2, 0.25) is 0 Å². The number of hydrogen-bond donors (Lipinski definition) is 2. The van der Waals surface area contributed by atoms with Gasteiger partial charge in [-0.25, -0.2) is 4.79 Å². The van der Waals surface area contributed by atoms with Crippen molar-refractivity contribution in [3.8, 4) is 0 Å². The predicted molar refractivity (Wildman–Crippen MR) is 100 cm³/mol. The van der Waals surface area contributed by atoms with Crippen molar-refractivity contribution in [2.75, 3.05) is 6.61 Å². The number of nitro groups is 1. The molecular formula is C18H18N2O5S. The van der Waals surface area contributed by atoms with E-state index in [4.69, 9.17) is 17.0 Å². The molecule has 2 aromatic rings. The van der Waals surface area contributed by atoms with E-state index < -0.39 is 16.9 Å². The molecule has 0 unspecified atom stereocenters. The molecule has 0 aromatic heterocycles. The average Bonchev–Trinajstić information content (AvgIpc) is 2.62. The molecule has 2 N–H and O–H groups in total. The molecule has 0 saturated carbocycles. The molecule has 0 spiro atoms. The maximum atomic E-state index is 11.4. The van der Waals surface area contributed by atoms with Crippen LogP contribution in [-0.2, 0) is 22.6 Å². The summed E-state index contributed by atoms with van der Waals surface area (Å²) in [5.74, 6) is -1.07. The maximum Gasteiger partial charge on any atom is 0.328 e. The fraction of sp³-hybridized carbons (Fsp3) is 0.222. The van der Waals surface area contributed by atoms with Gasteiger partial charge in [0, 0.05) is 18.6 Å². The first-order chi connectivity index (χ1) is 12.5. The maximum absolute atomic E-state index is 11.4. The van der Waals surface area contributed by atoms with Crippen molar-refractivity contribution in [2.24, 2.45) is 0 Å². The van der Waals surface area contributed by atoms with Gasteiger partial charge in [-0.1, -0.05) is 54.7 Å². The third-order valence-corrected chi connectivity index (χ3v) is 3.80. The van der Waals surface area contributed by atoms with Crippen LogP contribution in [0.4, 0.5) is 5.69 Å². The van der Waals surface area contributed by atoms with E-state index >= 15 is 0 Å². The van der Waals surface area contributed by atoms with Gasteiger partial charge in [0.15, 0.2) is 0 Å². The molecule has 0 bridgehead atoms. The van der Waals surface area contributed by atoms with Crippen molar-refractivity contribution >= 4 is 28.9 Å². The first kappa shape index (κ1) is 19.5. The van der Waals surface area contributed by atoms with Crippen LogP contribution in [0.25, 0.3) is 0 Å². The lowest BCUT2D eigenvalue weighted by Crippen LogP contribution is -2.43. The third kappa shape index (κ3) is 6.23. The first-order valence-corrected chi connectivity index (χ1v) is 8.23. The zero-order valence-electron chi connectivity index (χ0n) is 13.8. The summed E-state index contributed by atoms with van der Waals surface area (Å²) in [4.78, 5) is 21.9. The Bertz CT molecular complexity index is 765. The number of thiocarbonyl (C=S) groups is 1. The lowest BCUT2D eigenvalue weighted by Gasteiger charge is -2.16. The number of carboxylic acid groups (broad SMARTS) is 1. The lowest BCUT2D eigenvalue weighted by molar-refractivity contribution is -0.384. The van der Waals surface area contributed by atoms with Crippen LogP contribution in [0.5, 0.6) is 0 Å². The van der Waals surface area contributed by atoms with Crippen molar-refractivity contribution in [3.05, 3.63) is 75.8 Å². The van der Waals surface area contributed by atoms with Gasteiger partial charge in [-0.3, -0.25) is 10.1 Å². The predicted octanol–water partition coefficient (Wildman–Crippen LogP) is 2.72. The largest absolute Gasteiger partial charge is 0.480 e. The fourth-order valence-electron chi connectivity index (χ4n) is 2.21. The summed E-state index contributed by atoms with van der Waals surface area (Å²) >= 11 is 5.20. The molecule has 0 saturated heterocycles. The second-order valence-electron chi connectivity index (χ2n) is 5.56. The quantitative estimate of drug-likeness (QED) is 0.395. The summed E-state index contributed by atoms with van der Waals surface area (Å²) in [6.07, 6.45) is 0.287. The summed E-state index contributed by atoms with van der Waals surface area (Å²) < 4.78 is 5.46. The number of non-ortho nitro benzene ring substituents is 1. The Kier molecular flexibility index (Phi) is 7.19. The summed E-state index contributed by atoms with van der Waals surface area (Å²) in [6, 6.07) is 14.4. The SMILES string of the molecule is O=C(O)[C@H](COCc1ccccc1)NC(=S)Cc1ccc([N+](=O)[O-])cc1. The van der Waals surface area contributed by atoms with E-state index in [0.29, 0.717) is 11.6 Å². The molecule has 0 aliphatic rings. The van der Waals surface area contributed by atoms with E-state index in [0.717, 1.165) is 11.1 Å². The minimum Gasteiger partial charge on any atom is -0.480 e. The smallest absolute Gasteiger partial charge is 0.328 e. The second kappa shape index (κ2) is 9.59. The lowest BCUT2D eigenvalue weighted by atomic mass is 10.1. The summed E-state index contributed by atoms with van der Waals surface area (Å²) in [7, 11) is 0. The third-order valence-electron chi connectivity index (χ3n) is 3.54. The van der Waals surface area contributed by atoms with Gasteiger partial charge in [0.25, 0.3) is 5.69 Å². The minimum absolute atomic E-state index is 0.00893. The Hall–Kier alpha value is -2.84. The number of nitrogens with zero attached hydrogens (tertiary/aromatic N) is 1. The van der Waals surface area contributed by atoms with Crippen molar-refractivity contribution in [1.82, 2.24) is 5.32 Å². The topological polar surface area (TPSA) is 102 Å². The molecule has 136 valence electrons. The van der Waals surface area contributed by atoms with E-state index in [1.165, 1.54) is 12.1 Å². The number of nitrogens with one attached hydrogen (secondary N) is 1. The van der Waals surface area contributed by atoms with Crippen molar-refractivity contribution in [1.29, 1.82) is 0 Å². The van der Waals surface area contributed by atoms with E-state index in [-0.39, 0.29) is 18.7 Å². The summed E-state index contributed by atoms with van der Waals surface area (Å²) in [5.41, 5.74) is 1.69. The van der Waals surface area contributed by atoms with Gasteiger partial charge in [0.05, 0.1) is 23.1 Å². The molecule has 26 heavy (non-hydrogen) atoms. The number of carboxylic acids is 1. The summed E-state index contributed by atoms with van der Waals surface area (Å²) in [6.45, 7) is 0.270. The van der Waals surface area contributed by atoms with E-state index in [9.17, 15) is 20.0 Å². The van der Waals surface area contributed by atoms with Crippen LogP contribution in [0, 0.1) is 10.1 Å². The molecule has 1 atom stereocenters. The van der Waals surface area contributed by atoms with Gasteiger partial charge >= 0.3 is 5.97 Å². The standard InChI is InChI=1S/C18H18N2O5S/c21-18(22)16(12-25-11-14-4-2-1-3-5-14)19-17(26)10-13-6-8-15(9-7-13)20(23)24/h1-9,16H,10-12H2,(H,19,26)(H,21,22)/t16-/m0/s1. The highest BCUT2D eigenvalue weighted by Crippen LogP contribution is 2.12. The van der Waals surface area contributed by atoms with Gasteiger partial charge in [0.1, 0.15) is 6.04 Å². The van der Waals surface area contributed by atoms with Gasteiger partial charge < -0.3 is 15.2 Å². The van der Waals surface area contributed by atoms with Crippen LogP contribution in [0.3, 0.4) is 0 Å². The molecule has 0 radical (unpaired) electrons. The number of ether oxygens (including phenoxy) is 1. The van der Waals surface area contributed by atoms with Gasteiger partial charge in [-0.15, -0.1) is 0 Å². The molecule has 2 aromatic carbocycles. The second-order valence-corrected chi connectivity index (χ2v) is 6.05. The van der Waals surface area contributed by atoms with Crippen molar-refractivity contribution in [3.63, 3.8) is 0 Å². The van der Waals surface area contributed by atoms with Crippen LogP contribution in [-0.4, -0.2) is 33.6 Å². The average molecular weight is 374 g/mol. The molecule has 0 aliphatic carbocycles. The number of carbonyl (C=O) groups is 1. The molecule has 0 heterocycles. The van der Waals surface area contributed by atoms with Gasteiger partial charge in [-0.2, -0.15) is 0 Å². The normalized spacial score (nSPS) is 11.5. The highest BCUT2D eigenvalue weighted by molar-refractivity contribution is 7.80. The number of benzene rings is 2. The molecule has 2 rings (SSSR count). The number of hydrogen-bond acceptors (Lipinski definition) is 5. The van der Waals surface area contributed by atoms with E-state index in [1.54, 1.807) is 12.1 Å². The Labute approximate surface area is 155 Å². The first-order valence-electron chi connectivity index (χ1n) is 7.83. The van der Waals surface area contributed by atoms with Crippen LogP contribution in [0.1, 0.15) is 11.1 Å². The number of aliphatic carboxylic acids is 1. The Balaban J connectivity index is 1.84. The highest BCUT2D eigenvalue weighted by Gasteiger charge is 2.19. The Morgan fingerprint density at radius 2 is 1.81 bits per heavy atom. The van der Waals surface area contributed by atoms with E-state index in [1.807, 2.05) is 30.3 Å². The molecule has 0 aliphatic heterocycles. The van der Waals surface area contributed by atoms with Crippen molar-refractivity contribution < 1.29 is 19.6 Å². The van der Waals surface area contributed by atoms with E-state index in [2.05, 4.69) is 5.32 Å². The monoisotopic (exact) mass is 374 g/mol. The molecule has 0 amide bonds. The van der Waals surface area contributed by atoms with Crippen LogP contribution < -0.4 is 5.32 Å². The summed E-state index contributed by atoms with van der Waals surface area (Å²) in [5, 5.41) is 22.7. The zero-order valence-corrected chi connectivity index (χ0v) is 14.6.